The fourth-order valence-corrected chi connectivity index (χ4v) is 3.42. The maximum Gasteiger partial charge on any atom is 0.416 e. The van der Waals surface area contributed by atoms with Crippen LogP contribution in [0.5, 0.6) is 11.8 Å². The van der Waals surface area contributed by atoms with Gasteiger partial charge in [0.15, 0.2) is 5.82 Å². The molecule has 0 unspecified atom stereocenters. The van der Waals surface area contributed by atoms with Crippen molar-refractivity contribution in [3.8, 4) is 28.8 Å². The van der Waals surface area contributed by atoms with Crippen molar-refractivity contribution in [1.29, 1.82) is 0 Å². The Morgan fingerprint density at radius 3 is 2.35 bits per heavy atom. The molecule has 0 radical (unpaired) electrons. The van der Waals surface area contributed by atoms with Crippen LogP contribution in [-0.4, -0.2) is 34.4 Å². The van der Waals surface area contributed by atoms with E-state index in [9.17, 15) is 18.0 Å². The molecule has 1 aromatic heterocycles. The summed E-state index contributed by atoms with van der Waals surface area (Å²) in [6, 6.07) is 18.4. The van der Waals surface area contributed by atoms with Crippen LogP contribution in [0, 0.1) is 5.92 Å². The van der Waals surface area contributed by atoms with Gasteiger partial charge in [0.2, 0.25) is 0 Å². The molecule has 1 N–H and O–H groups in total. The quantitative estimate of drug-likeness (QED) is 0.303. The van der Waals surface area contributed by atoms with Crippen molar-refractivity contribution >= 4 is 11.6 Å². The number of carbonyl (C=O) groups excluding carboxylic acids is 1. The molecule has 1 heterocycles. The van der Waals surface area contributed by atoms with Gasteiger partial charge in [-0.25, -0.2) is 4.68 Å². The molecule has 192 valence electrons. The molecule has 0 bridgehead atoms. The lowest BCUT2D eigenvalue weighted by Gasteiger charge is -2.10. The van der Waals surface area contributed by atoms with Crippen LogP contribution < -0.4 is 14.8 Å². The van der Waals surface area contributed by atoms with Crippen LogP contribution in [0.2, 0.25) is 0 Å². The van der Waals surface area contributed by atoms with E-state index in [2.05, 4.69) is 15.4 Å². The number of rotatable bonds is 8. The Hall–Kier alpha value is -4.34. The summed E-state index contributed by atoms with van der Waals surface area (Å²) in [7, 11) is 1.53. The first-order valence-electron chi connectivity index (χ1n) is 11.5. The maximum atomic E-state index is 13.0. The SMILES string of the molecule is COc1cccc(C(=O)Nc2ccc(-n3nc(OCC(C)C)nc3-c3ccc(C(F)(F)F)cc3)cc2)c1. The highest BCUT2D eigenvalue weighted by atomic mass is 19.4. The Labute approximate surface area is 211 Å². The van der Waals surface area contributed by atoms with Crippen molar-refractivity contribution in [3.63, 3.8) is 0 Å². The highest BCUT2D eigenvalue weighted by Crippen LogP contribution is 2.32. The number of nitrogens with one attached hydrogen (secondary N) is 1. The third-order valence-electron chi connectivity index (χ3n) is 5.31. The minimum Gasteiger partial charge on any atom is -0.497 e. The molecule has 0 saturated heterocycles. The van der Waals surface area contributed by atoms with Gasteiger partial charge in [0.1, 0.15) is 5.75 Å². The zero-order valence-corrected chi connectivity index (χ0v) is 20.4. The van der Waals surface area contributed by atoms with Crippen LogP contribution in [0.1, 0.15) is 29.8 Å². The standard InChI is InChI=1S/C27H25F3N4O3/c1-17(2)16-37-26-32-24(18-7-9-20(10-8-18)27(28,29)30)34(33-26)22-13-11-21(12-14-22)31-25(35)19-5-4-6-23(15-19)36-3/h4-15,17H,16H2,1-3H3,(H,31,35). The number of ether oxygens (including phenoxy) is 2. The van der Waals surface area contributed by atoms with Crippen LogP contribution in [0.25, 0.3) is 17.1 Å². The lowest BCUT2D eigenvalue weighted by Crippen LogP contribution is -2.12. The third kappa shape index (κ3) is 6.27. The minimum absolute atomic E-state index is 0.110. The summed E-state index contributed by atoms with van der Waals surface area (Å²) in [5.74, 6) is 0.817. The number of carbonyl (C=O) groups is 1. The van der Waals surface area contributed by atoms with Crippen molar-refractivity contribution in [2.24, 2.45) is 5.92 Å². The molecule has 0 fully saturated rings. The normalized spacial score (nSPS) is 11.4. The number of nitrogens with zero attached hydrogens (tertiary/aromatic N) is 3. The topological polar surface area (TPSA) is 78.3 Å². The zero-order chi connectivity index (χ0) is 26.6. The smallest absolute Gasteiger partial charge is 0.416 e. The van der Waals surface area contributed by atoms with Gasteiger partial charge in [0, 0.05) is 16.8 Å². The van der Waals surface area contributed by atoms with E-state index >= 15 is 0 Å². The summed E-state index contributed by atoms with van der Waals surface area (Å²) < 4.78 is 51.4. The molecule has 4 aromatic rings. The second-order valence-electron chi connectivity index (χ2n) is 8.64. The predicted molar refractivity (Wildman–Crippen MR) is 133 cm³/mol. The number of anilines is 1. The molecule has 0 atom stereocenters. The van der Waals surface area contributed by atoms with Gasteiger partial charge >= 0.3 is 12.2 Å². The number of methoxy groups -OCH3 is 1. The van der Waals surface area contributed by atoms with Gasteiger partial charge in [-0.2, -0.15) is 18.2 Å². The van der Waals surface area contributed by atoms with Gasteiger partial charge in [0.25, 0.3) is 5.91 Å². The van der Waals surface area contributed by atoms with Crippen molar-refractivity contribution in [2.45, 2.75) is 20.0 Å². The van der Waals surface area contributed by atoms with E-state index in [0.717, 1.165) is 12.1 Å². The van der Waals surface area contributed by atoms with Crippen molar-refractivity contribution < 1.29 is 27.4 Å². The molecule has 7 nitrogen and oxygen atoms in total. The summed E-state index contributed by atoms with van der Waals surface area (Å²) in [6.07, 6.45) is -4.44. The molecule has 0 saturated carbocycles. The first kappa shape index (κ1) is 25.7. The number of aromatic nitrogens is 3. The molecule has 0 aliphatic rings. The Kier molecular flexibility index (Phi) is 7.47. The van der Waals surface area contributed by atoms with Crippen molar-refractivity contribution in [3.05, 3.63) is 83.9 Å². The molecule has 3 aromatic carbocycles. The third-order valence-corrected chi connectivity index (χ3v) is 5.31. The Balaban J connectivity index is 1.61. The Morgan fingerprint density at radius 2 is 1.73 bits per heavy atom. The van der Waals surface area contributed by atoms with Gasteiger partial charge in [-0.15, -0.1) is 5.10 Å². The molecular formula is C27H25F3N4O3. The monoisotopic (exact) mass is 510 g/mol. The summed E-state index contributed by atoms with van der Waals surface area (Å²) in [5.41, 5.74) is 1.26. The predicted octanol–water partition coefficient (Wildman–Crippen LogP) is 6.25. The fraction of sp³-hybridized carbons (Fsp3) is 0.222. The summed E-state index contributed by atoms with van der Waals surface area (Å²) in [5, 5.41) is 7.24. The highest BCUT2D eigenvalue weighted by Gasteiger charge is 2.30. The average Bonchev–Trinajstić information content (AvgIpc) is 3.32. The molecular weight excluding hydrogens is 485 g/mol. The van der Waals surface area contributed by atoms with Crippen LogP contribution in [-0.2, 0) is 6.18 Å². The summed E-state index contributed by atoms with van der Waals surface area (Å²) in [4.78, 5) is 17.0. The van der Waals surface area contributed by atoms with Gasteiger partial charge in [0.05, 0.1) is 25.0 Å². The number of amides is 1. The minimum atomic E-state index is -4.44. The molecule has 37 heavy (non-hydrogen) atoms. The van der Waals surface area contributed by atoms with Gasteiger partial charge < -0.3 is 14.8 Å². The van der Waals surface area contributed by atoms with E-state index in [-0.39, 0.29) is 17.8 Å². The van der Waals surface area contributed by atoms with Crippen molar-refractivity contribution in [2.75, 3.05) is 19.0 Å². The molecule has 0 aliphatic carbocycles. The summed E-state index contributed by atoms with van der Waals surface area (Å²) in [6.45, 7) is 4.34. The van der Waals surface area contributed by atoms with Gasteiger partial charge in [-0.1, -0.05) is 32.0 Å². The van der Waals surface area contributed by atoms with Gasteiger partial charge in [-0.3, -0.25) is 4.79 Å². The Morgan fingerprint density at radius 1 is 1.03 bits per heavy atom. The second-order valence-corrected chi connectivity index (χ2v) is 8.64. The summed E-state index contributed by atoms with van der Waals surface area (Å²) >= 11 is 0. The number of benzene rings is 3. The number of alkyl halides is 3. The second kappa shape index (κ2) is 10.7. The molecule has 10 heteroatoms. The number of hydrogen-bond donors (Lipinski definition) is 1. The first-order valence-corrected chi connectivity index (χ1v) is 11.5. The Bertz CT molecular complexity index is 1370. The number of halogens is 3. The van der Waals surface area contributed by atoms with E-state index in [1.165, 1.54) is 23.9 Å². The van der Waals surface area contributed by atoms with Gasteiger partial charge in [-0.05, 0) is 60.5 Å². The van der Waals surface area contributed by atoms with Crippen LogP contribution in [0.4, 0.5) is 18.9 Å². The molecule has 0 spiro atoms. The number of hydrogen-bond acceptors (Lipinski definition) is 5. The molecule has 4 rings (SSSR count). The maximum absolute atomic E-state index is 13.0. The highest BCUT2D eigenvalue weighted by molar-refractivity contribution is 6.04. The molecule has 1 amide bonds. The first-order chi connectivity index (χ1) is 17.6. The fourth-order valence-electron chi connectivity index (χ4n) is 3.42. The lowest BCUT2D eigenvalue weighted by molar-refractivity contribution is -0.137. The van der Waals surface area contributed by atoms with Crippen LogP contribution >= 0.6 is 0 Å². The van der Waals surface area contributed by atoms with E-state index in [0.29, 0.717) is 40.7 Å². The van der Waals surface area contributed by atoms with Crippen molar-refractivity contribution in [1.82, 2.24) is 14.8 Å². The van der Waals surface area contributed by atoms with E-state index in [4.69, 9.17) is 9.47 Å². The van der Waals surface area contributed by atoms with E-state index in [1.807, 2.05) is 13.8 Å². The molecule has 0 aliphatic heterocycles. The van der Waals surface area contributed by atoms with Crippen LogP contribution in [0.15, 0.2) is 72.8 Å². The van der Waals surface area contributed by atoms with E-state index in [1.54, 1.807) is 48.5 Å². The zero-order valence-electron chi connectivity index (χ0n) is 20.4. The lowest BCUT2D eigenvalue weighted by atomic mass is 10.1. The van der Waals surface area contributed by atoms with E-state index < -0.39 is 11.7 Å². The van der Waals surface area contributed by atoms with Crippen LogP contribution in [0.3, 0.4) is 0 Å². The average molecular weight is 511 g/mol. The largest absolute Gasteiger partial charge is 0.497 e.